The predicted octanol–water partition coefficient (Wildman–Crippen LogP) is -0.639. The third kappa shape index (κ3) is 2.16. The second-order valence-electron chi connectivity index (χ2n) is 3.39. The molecule has 6 heteroatoms. The van der Waals surface area contributed by atoms with Crippen molar-refractivity contribution in [1.82, 2.24) is 15.3 Å². The van der Waals surface area contributed by atoms with E-state index in [9.17, 15) is 4.79 Å². The topological polar surface area (TPSA) is 70.2 Å². The minimum atomic E-state index is -0.270. The van der Waals surface area contributed by atoms with E-state index < -0.39 is 0 Å². The molecule has 0 aliphatic carbocycles. The van der Waals surface area contributed by atoms with Crippen molar-refractivity contribution in [2.75, 3.05) is 31.7 Å². The van der Waals surface area contributed by atoms with Gasteiger partial charge in [-0.3, -0.25) is 9.69 Å². The number of aromatic nitrogens is 2. The molecule has 1 aromatic rings. The largest absolute Gasteiger partial charge is 0.378 e. The van der Waals surface area contributed by atoms with E-state index in [0.717, 1.165) is 0 Å². The summed E-state index contributed by atoms with van der Waals surface area (Å²) in [7, 11) is 1.69. The molecule has 1 amide bonds. The van der Waals surface area contributed by atoms with Crippen LogP contribution in [0.5, 0.6) is 0 Å². The summed E-state index contributed by atoms with van der Waals surface area (Å²) >= 11 is 0. The number of nitrogens with zero attached hydrogens (tertiary/aromatic N) is 2. The average Bonchev–Trinajstić information content (AvgIpc) is 2.82. The first kappa shape index (κ1) is 10.1. The lowest BCUT2D eigenvalue weighted by Gasteiger charge is -2.26. The number of hydrogen-bond donors (Lipinski definition) is 2. The highest BCUT2D eigenvalue weighted by atomic mass is 16.5. The predicted molar refractivity (Wildman–Crippen MR) is 54.6 cm³/mol. The van der Waals surface area contributed by atoms with Crippen molar-refractivity contribution in [3.63, 3.8) is 0 Å². The maximum Gasteiger partial charge on any atom is 0.248 e. The van der Waals surface area contributed by atoms with Gasteiger partial charge in [-0.15, -0.1) is 0 Å². The van der Waals surface area contributed by atoms with Crippen LogP contribution in [-0.4, -0.2) is 48.7 Å². The van der Waals surface area contributed by atoms with Crippen molar-refractivity contribution in [2.24, 2.45) is 0 Å². The van der Waals surface area contributed by atoms with Gasteiger partial charge in [-0.05, 0) is 0 Å². The van der Waals surface area contributed by atoms with Gasteiger partial charge in [0.15, 0.2) is 0 Å². The summed E-state index contributed by atoms with van der Waals surface area (Å²) in [4.78, 5) is 20.3. The van der Waals surface area contributed by atoms with E-state index in [-0.39, 0.29) is 11.9 Å². The van der Waals surface area contributed by atoms with Crippen LogP contribution in [0.1, 0.15) is 0 Å². The van der Waals surface area contributed by atoms with Crippen molar-refractivity contribution in [3.8, 4) is 0 Å². The Kier molecular flexibility index (Phi) is 2.98. The first-order chi connectivity index (χ1) is 7.29. The fourth-order valence-corrected chi connectivity index (χ4v) is 1.50. The molecular weight excluding hydrogens is 196 g/mol. The van der Waals surface area contributed by atoms with E-state index in [1.165, 1.54) is 4.90 Å². The summed E-state index contributed by atoms with van der Waals surface area (Å²) in [6.45, 7) is 1.79. The smallest absolute Gasteiger partial charge is 0.248 e. The fraction of sp³-hybridized carbons (Fsp3) is 0.556. The van der Waals surface area contributed by atoms with Crippen LogP contribution in [0.4, 0.5) is 5.95 Å². The van der Waals surface area contributed by atoms with Gasteiger partial charge in [-0.2, -0.15) is 0 Å². The Morgan fingerprint density at radius 2 is 2.60 bits per heavy atom. The van der Waals surface area contributed by atoms with Crippen molar-refractivity contribution in [3.05, 3.63) is 12.4 Å². The van der Waals surface area contributed by atoms with Gasteiger partial charge < -0.3 is 15.0 Å². The standard InChI is InChI=1S/C9H14N4O2/c1-13(9-11-2-3-12-9)8(14)7-6-15-5-4-10-7/h2-3,7,10H,4-6H2,1H3,(H,11,12). The Morgan fingerprint density at radius 3 is 3.20 bits per heavy atom. The van der Waals surface area contributed by atoms with Gasteiger partial charge in [-0.25, -0.2) is 4.98 Å². The molecule has 0 spiro atoms. The van der Waals surface area contributed by atoms with E-state index in [4.69, 9.17) is 4.74 Å². The molecule has 0 saturated carbocycles. The number of likely N-dealkylation sites (N-methyl/N-ethyl adjacent to an activating group) is 1. The molecule has 1 saturated heterocycles. The second-order valence-corrected chi connectivity index (χ2v) is 3.39. The molecule has 2 rings (SSSR count). The summed E-state index contributed by atoms with van der Waals surface area (Å²) in [5, 5.41) is 3.10. The molecule has 2 N–H and O–H groups in total. The number of carbonyl (C=O) groups is 1. The molecule has 1 atom stereocenters. The number of anilines is 1. The van der Waals surface area contributed by atoms with Crippen LogP contribution >= 0.6 is 0 Å². The zero-order valence-electron chi connectivity index (χ0n) is 8.56. The van der Waals surface area contributed by atoms with E-state index >= 15 is 0 Å². The Hall–Kier alpha value is -1.40. The van der Waals surface area contributed by atoms with Crippen LogP contribution < -0.4 is 10.2 Å². The lowest BCUT2D eigenvalue weighted by Crippen LogP contribution is -2.52. The molecule has 1 aliphatic rings. The lowest BCUT2D eigenvalue weighted by atomic mass is 10.2. The van der Waals surface area contributed by atoms with Crippen LogP contribution in [0, 0.1) is 0 Å². The fourth-order valence-electron chi connectivity index (χ4n) is 1.50. The number of rotatable bonds is 2. The van der Waals surface area contributed by atoms with Crippen LogP contribution in [0.15, 0.2) is 12.4 Å². The highest BCUT2D eigenvalue weighted by molar-refractivity contribution is 5.95. The molecule has 2 heterocycles. The minimum absolute atomic E-state index is 0.0374. The van der Waals surface area contributed by atoms with Gasteiger partial charge in [0.2, 0.25) is 11.9 Å². The summed E-state index contributed by atoms with van der Waals surface area (Å²) < 4.78 is 5.23. The third-order valence-electron chi connectivity index (χ3n) is 2.35. The number of H-pyrrole nitrogens is 1. The average molecular weight is 210 g/mol. The quantitative estimate of drug-likeness (QED) is 0.681. The number of hydrogen-bond acceptors (Lipinski definition) is 4. The SMILES string of the molecule is CN(C(=O)C1COCCN1)c1ncc[nH]1. The number of morpholine rings is 1. The summed E-state index contributed by atoms with van der Waals surface area (Å²) in [5.74, 6) is 0.511. The maximum atomic E-state index is 11.9. The van der Waals surface area contributed by atoms with Crippen LogP contribution in [0.25, 0.3) is 0 Å². The van der Waals surface area contributed by atoms with Crippen LogP contribution in [0.3, 0.4) is 0 Å². The molecule has 0 bridgehead atoms. The zero-order valence-corrected chi connectivity index (χ0v) is 8.56. The van der Waals surface area contributed by atoms with Gasteiger partial charge in [0.25, 0.3) is 0 Å². The molecule has 1 unspecified atom stereocenters. The minimum Gasteiger partial charge on any atom is -0.378 e. The van der Waals surface area contributed by atoms with Crippen molar-refractivity contribution in [1.29, 1.82) is 0 Å². The number of aromatic amines is 1. The van der Waals surface area contributed by atoms with Crippen molar-refractivity contribution in [2.45, 2.75) is 6.04 Å². The van der Waals surface area contributed by atoms with E-state index in [1.807, 2.05) is 0 Å². The molecule has 1 aliphatic heterocycles. The van der Waals surface area contributed by atoms with Gasteiger partial charge in [0, 0.05) is 26.0 Å². The maximum absolute atomic E-state index is 11.9. The molecule has 15 heavy (non-hydrogen) atoms. The van der Waals surface area contributed by atoms with Gasteiger partial charge in [0.05, 0.1) is 13.2 Å². The van der Waals surface area contributed by atoms with Crippen molar-refractivity contribution < 1.29 is 9.53 Å². The molecular formula is C9H14N4O2. The number of ether oxygens (including phenoxy) is 1. The Balaban J connectivity index is 2.00. The van der Waals surface area contributed by atoms with E-state index in [2.05, 4.69) is 15.3 Å². The van der Waals surface area contributed by atoms with E-state index in [0.29, 0.717) is 25.7 Å². The highest BCUT2D eigenvalue weighted by Crippen LogP contribution is 2.06. The molecule has 82 valence electrons. The number of amides is 1. The number of nitrogens with one attached hydrogen (secondary N) is 2. The third-order valence-corrected chi connectivity index (χ3v) is 2.35. The van der Waals surface area contributed by atoms with Crippen LogP contribution in [-0.2, 0) is 9.53 Å². The van der Waals surface area contributed by atoms with Gasteiger partial charge in [-0.1, -0.05) is 0 Å². The van der Waals surface area contributed by atoms with Gasteiger partial charge in [0.1, 0.15) is 6.04 Å². The number of carbonyl (C=O) groups excluding carboxylic acids is 1. The molecule has 1 fully saturated rings. The highest BCUT2D eigenvalue weighted by Gasteiger charge is 2.25. The summed E-state index contributed by atoms with van der Waals surface area (Å²) in [5.41, 5.74) is 0. The second kappa shape index (κ2) is 4.41. The Bertz CT molecular complexity index is 319. The van der Waals surface area contributed by atoms with Crippen molar-refractivity contribution >= 4 is 11.9 Å². The summed E-state index contributed by atoms with van der Waals surface area (Å²) in [6.07, 6.45) is 3.30. The first-order valence-electron chi connectivity index (χ1n) is 4.87. The summed E-state index contributed by atoms with van der Waals surface area (Å²) in [6, 6.07) is -0.270. The normalized spacial score (nSPS) is 21.3. The molecule has 6 nitrogen and oxygen atoms in total. The molecule has 0 radical (unpaired) electrons. The Labute approximate surface area is 87.6 Å². The Morgan fingerprint density at radius 1 is 1.73 bits per heavy atom. The van der Waals surface area contributed by atoms with E-state index in [1.54, 1.807) is 19.4 Å². The zero-order chi connectivity index (χ0) is 10.7. The lowest BCUT2D eigenvalue weighted by molar-refractivity contribution is -0.123. The molecule has 0 aromatic carbocycles. The monoisotopic (exact) mass is 210 g/mol. The first-order valence-corrected chi connectivity index (χ1v) is 4.87. The number of imidazole rings is 1. The molecule has 1 aromatic heterocycles. The van der Waals surface area contributed by atoms with Crippen LogP contribution in [0.2, 0.25) is 0 Å². The van der Waals surface area contributed by atoms with Gasteiger partial charge >= 0.3 is 0 Å².